The van der Waals surface area contributed by atoms with Gasteiger partial charge in [0.05, 0.1) is 25.2 Å². The van der Waals surface area contributed by atoms with Crippen LogP contribution in [-0.2, 0) is 14.3 Å². The Hall–Kier alpha value is -1.66. The summed E-state index contributed by atoms with van der Waals surface area (Å²) in [5, 5.41) is 23.7. The van der Waals surface area contributed by atoms with Gasteiger partial charge in [-0.25, -0.2) is 0 Å². The number of ether oxygens (including phenoxy) is 1. The number of hydrogen-bond donors (Lipinski definition) is 3. The van der Waals surface area contributed by atoms with E-state index < -0.39 is 18.2 Å². The molecule has 58 heavy (non-hydrogen) atoms. The third-order valence-corrected chi connectivity index (χ3v) is 11.8. The minimum atomic E-state index is -0.792. The molecular formula is C52H99NO5. The van der Waals surface area contributed by atoms with Crippen molar-refractivity contribution in [3.05, 3.63) is 24.3 Å². The molecule has 6 heteroatoms. The van der Waals surface area contributed by atoms with Crippen LogP contribution in [0.15, 0.2) is 24.3 Å². The zero-order chi connectivity index (χ0) is 42.4. The molecule has 0 aliphatic carbocycles. The molecule has 3 N–H and O–H groups in total. The molecule has 0 radical (unpaired) electrons. The average Bonchev–Trinajstić information content (AvgIpc) is 3.22. The Bertz CT molecular complexity index is 919. The summed E-state index contributed by atoms with van der Waals surface area (Å²) >= 11 is 0. The van der Waals surface area contributed by atoms with Gasteiger partial charge in [0.1, 0.15) is 6.10 Å². The lowest BCUT2D eigenvalue weighted by molar-refractivity contribution is -0.151. The molecule has 0 saturated heterocycles. The second-order valence-electron chi connectivity index (χ2n) is 17.6. The minimum absolute atomic E-state index is 0.0545. The predicted octanol–water partition coefficient (Wildman–Crippen LogP) is 15.1. The van der Waals surface area contributed by atoms with E-state index in [2.05, 4.69) is 50.4 Å². The highest BCUT2D eigenvalue weighted by Gasteiger charge is 2.24. The number of carbonyl (C=O) groups excluding carboxylic acids is 2. The Morgan fingerprint density at radius 3 is 1.26 bits per heavy atom. The van der Waals surface area contributed by atoms with Gasteiger partial charge in [0.2, 0.25) is 5.91 Å². The van der Waals surface area contributed by atoms with Gasteiger partial charge in [-0.3, -0.25) is 9.59 Å². The Morgan fingerprint density at radius 2 is 0.845 bits per heavy atom. The van der Waals surface area contributed by atoms with Crippen LogP contribution in [-0.4, -0.2) is 46.9 Å². The highest BCUT2D eigenvalue weighted by atomic mass is 16.5. The van der Waals surface area contributed by atoms with Crippen molar-refractivity contribution in [3.63, 3.8) is 0 Å². The van der Waals surface area contributed by atoms with Gasteiger partial charge < -0.3 is 20.3 Å². The molecule has 3 unspecified atom stereocenters. The summed E-state index contributed by atoms with van der Waals surface area (Å²) < 4.78 is 5.90. The maximum absolute atomic E-state index is 13.2. The van der Waals surface area contributed by atoms with Crippen molar-refractivity contribution in [2.45, 2.75) is 289 Å². The monoisotopic (exact) mass is 818 g/mol. The van der Waals surface area contributed by atoms with Crippen LogP contribution in [0.25, 0.3) is 0 Å². The number of nitrogens with one attached hydrogen (secondary N) is 1. The van der Waals surface area contributed by atoms with Gasteiger partial charge in [0.25, 0.3) is 0 Å². The van der Waals surface area contributed by atoms with Crippen molar-refractivity contribution in [2.75, 3.05) is 6.61 Å². The fraction of sp³-hybridized carbons (Fsp3) is 0.885. The summed E-state index contributed by atoms with van der Waals surface area (Å²) in [5.41, 5.74) is 0. The normalized spacial score (nSPS) is 13.4. The number of rotatable bonds is 46. The van der Waals surface area contributed by atoms with Crippen molar-refractivity contribution in [2.24, 2.45) is 0 Å². The van der Waals surface area contributed by atoms with E-state index in [1.54, 1.807) is 0 Å². The van der Waals surface area contributed by atoms with Gasteiger partial charge >= 0.3 is 5.97 Å². The minimum Gasteiger partial charge on any atom is -0.462 e. The van der Waals surface area contributed by atoms with E-state index in [9.17, 15) is 19.8 Å². The molecule has 0 aromatic carbocycles. The first kappa shape index (κ1) is 56.3. The van der Waals surface area contributed by atoms with E-state index in [1.165, 1.54) is 161 Å². The summed E-state index contributed by atoms with van der Waals surface area (Å²) in [4.78, 5) is 26.1. The van der Waals surface area contributed by atoms with Crippen molar-refractivity contribution < 1.29 is 24.5 Å². The van der Waals surface area contributed by atoms with Crippen LogP contribution >= 0.6 is 0 Å². The Kier molecular flexibility index (Phi) is 45.1. The second-order valence-corrected chi connectivity index (χ2v) is 17.6. The molecule has 0 fully saturated rings. The smallest absolute Gasteiger partial charge is 0.306 e. The van der Waals surface area contributed by atoms with E-state index in [0.29, 0.717) is 19.3 Å². The van der Waals surface area contributed by atoms with Gasteiger partial charge in [-0.1, -0.05) is 212 Å². The van der Waals surface area contributed by atoms with Gasteiger partial charge in [0.15, 0.2) is 0 Å². The van der Waals surface area contributed by atoms with Gasteiger partial charge in [-0.05, 0) is 70.6 Å². The number of carbonyl (C=O) groups is 2. The highest BCUT2D eigenvalue weighted by Crippen LogP contribution is 2.17. The lowest BCUT2D eigenvalue weighted by Gasteiger charge is -2.24. The first-order chi connectivity index (χ1) is 28.5. The van der Waals surface area contributed by atoms with E-state index in [4.69, 9.17) is 4.74 Å². The predicted molar refractivity (Wildman–Crippen MR) is 250 cm³/mol. The van der Waals surface area contributed by atoms with Crippen molar-refractivity contribution >= 4 is 11.9 Å². The van der Waals surface area contributed by atoms with Gasteiger partial charge in [0, 0.05) is 6.42 Å². The van der Waals surface area contributed by atoms with Crippen LogP contribution in [0.3, 0.4) is 0 Å². The zero-order valence-electron chi connectivity index (χ0n) is 38.9. The largest absolute Gasteiger partial charge is 0.462 e. The Morgan fingerprint density at radius 1 is 0.483 bits per heavy atom. The molecule has 0 spiro atoms. The van der Waals surface area contributed by atoms with Crippen molar-refractivity contribution in [1.82, 2.24) is 5.32 Å². The molecule has 1 amide bonds. The van der Waals surface area contributed by atoms with Crippen molar-refractivity contribution in [3.8, 4) is 0 Å². The number of hydrogen-bond acceptors (Lipinski definition) is 5. The lowest BCUT2D eigenvalue weighted by atomic mass is 10.0. The maximum Gasteiger partial charge on any atom is 0.306 e. The third kappa shape index (κ3) is 41.1. The number of aliphatic hydroxyl groups excluding tert-OH is 2. The molecule has 0 rings (SSSR count). The van der Waals surface area contributed by atoms with E-state index in [-0.39, 0.29) is 24.9 Å². The molecular weight excluding hydrogens is 719 g/mol. The molecule has 0 aromatic rings. The summed E-state index contributed by atoms with van der Waals surface area (Å²) in [6, 6.07) is -0.708. The summed E-state index contributed by atoms with van der Waals surface area (Å²) in [6.45, 7) is 6.47. The number of aliphatic hydroxyl groups is 2. The van der Waals surface area contributed by atoms with Crippen LogP contribution in [0.1, 0.15) is 271 Å². The number of allylic oxidation sites excluding steroid dienone is 4. The van der Waals surface area contributed by atoms with E-state index >= 15 is 0 Å². The van der Waals surface area contributed by atoms with Crippen LogP contribution in [0.5, 0.6) is 0 Å². The highest BCUT2D eigenvalue weighted by molar-refractivity contribution is 5.77. The van der Waals surface area contributed by atoms with Crippen LogP contribution in [0.4, 0.5) is 0 Å². The van der Waals surface area contributed by atoms with Gasteiger partial charge in [-0.15, -0.1) is 0 Å². The molecule has 0 saturated carbocycles. The lowest BCUT2D eigenvalue weighted by Crippen LogP contribution is -2.46. The Balaban J connectivity index is 4.59. The molecule has 0 aromatic heterocycles. The average molecular weight is 818 g/mol. The first-order valence-electron chi connectivity index (χ1n) is 25.6. The quantitative estimate of drug-likeness (QED) is 0.0323. The van der Waals surface area contributed by atoms with Crippen LogP contribution < -0.4 is 5.32 Å². The fourth-order valence-electron chi connectivity index (χ4n) is 7.84. The van der Waals surface area contributed by atoms with Crippen LogP contribution in [0.2, 0.25) is 0 Å². The summed E-state index contributed by atoms with van der Waals surface area (Å²) in [6.07, 6.45) is 52.4. The van der Waals surface area contributed by atoms with Crippen molar-refractivity contribution in [1.29, 1.82) is 0 Å². The molecule has 342 valence electrons. The third-order valence-electron chi connectivity index (χ3n) is 11.8. The molecule has 0 bridgehead atoms. The first-order valence-corrected chi connectivity index (χ1v) is 25.6. The SMILES string of the molecule is CCCCCCCCC/C=C\CCCCCC(=O)OC(CCC/C=C\CCCCCCCCC)CC(=O)NC(CO)C(O)CCCCCCCCCCCCCCC. The molecule has 0 aliphatic heterocycles. The molecule has 3 atom stereocenters. The molecule has 6 nitrogen and oxygen atoms in total. The maximum atomic E-state index is 13.2. The number of esters is 1. The number of amides is 1. The summed E-state index contributed by atoms with van der Waals surface area (Å²) in [5.74, 6) is -0.512. The zero-order valence-corrected chi connectivity index (χ0v) is 38.9. The van der Waals surface area contributed by atoms with E-state index in [1.807, 2.05) is 0 Å². The fourth-order valence-corrected chi connectivity index (χ4v) is 7.84. The topological polar surface area (TPSA) is 95.9 Å². The Labute approximate surface area is 361 Å². The molecule has 0 heterocycles. The second kappa shape index (κ2) is 46.4. The standard InChI is InChI=1S/C52H99NO5/c1-4-7-10-13-16-19-22-25-27-30-33-36-39-42-45-52(57)58-48(43-40-37-34-31-28-24-21-18-15-12-9-6-3)46-51(56)53-49(47-54)50(55)44-41-38-35-32-29-26-23-20-17-14-11-8-5-2/h27,30-31,34,48-50,54-55H,4-26,28-29,32-33,35-47H2,1-3H3,(H,53,56)/b30-27-,34-31-. The number of unbranched alkanes of at least 4 members (excludes halogenated alkanes) is 30. The molecule has 0 aliphatic rings. The van der Waals surface area contributed by atoms with Gasteiger partial charge in [-0.2, -0.15) is 0 Å². The van der Waals surface area contributed by atoms with Crippen LogP contribution in [0, 0.1) is 0 Å². The summed E-state index contributed by atoms with van der Waals surface area (Å²) in [7, 11) is 0. The van der Waals surface area contributed by atoms with E-state index in [0.717, 1.165) is 64.2 Å².